The number of hydrazine groups is 1. The molecule has 8 heavy (non-hydrogen) atoms. The minimum absolute atomic E-state index is 0.0578. The topological polar surface area (TPSA) is 59.3 Å². The zero-order valence-corrected chi connectivity index (χ0v) is 5.27. The van der Waals surface area contributed by atoms with Crippen LogP contribution in [0.25, 0.3) is 0 Å². The van der Waals surface area contributed by atoms with Crippen molar-refractivity contribution < 1.29 is 4.84 Å². The highest BCUT2D eigenvalue weighted by atomic mass is 16.6. The first-order valence-electron chi connectivity index (χ1n) is 2.56. The summed E-state index contributed by atoms with van der Waals surface area (Å²) in [5.74, 6) is 4.85. The van der Waals surface area contributed by atoms with Crippen LogP contribution >= 0.6 is 0 Å². The largest absolute Gasteiger partial charge is 0.300 e. The summed E-state index contributed by atoms with van der Waals surface area (Å²) in [6.45, 7) is 2.59. The van der Waals surface area contributed by atoms with Crippen LogP contribution in [0.5, 0.6) is 0 Å². The molecule has 0 radical (unpaired) electrons. The summed E-state index contributed by atoms with van der Waals surface area (Å²) in [6.07, 6.45) is 0.0578. The maximum atomic E-state index is 4.85. The zero-order valence-electron chi connectivity index (χ0n) is 5.27. The Morgan fingerprint density at radius 3 is 2.75 bits per heavy atom. The van der Waals surface area contributed by atoms with Crippen molar-refractivity contribution >= 4 is 0 Å². The van der Waals surface area contributed by atoms with Gasteiger partial charge in [-0.15, -0.1) is 0 Å². The fourth-order valence-electron chi connectivity index (χ4n) is 0.294. The third-order valence-corrected chi connectivity index (χ3v) is 0.799. The van der Waals surface area contributed by atoms with Gasteiger partial charge in [-0.2, -0.15) is 0 Å². The van der Waals surface area contributed by atoms with Gasteiger partial charge in [-0.3, -0.25) is 10.9 Å². The average molecular weight is 119 g/mol. The highest BCUT2D eigenvalue weighted by molar-refractivity contribution is 4.47. The van der Waals surface area contributed by atoms with E-state index in [0.29, 0.717) is 6.54 Å². The SMILES string of the molecule is CNNC[C@H](C)ON. The van der Waals surface area contributed by atoms with Gasteiger partial charge in [0, 0.05) is 6.54 Å². The van der Waals surface area contributed by atoms with E-state index in [1.807, 2.05) is 6.92 Å². The van der Waals surface area contributed by atoms with Gasteiger partial charge < -0.3 is 4.84 Å². The molecule has 0 aromatic rings. The molecule has 0 spiro atoms. The number of nitrogens with two attached hydrogens (primary N) is 1. The summed E-state index contributed by atoms with van der Waals surface area (Å²) in [7, 11) is 1.79. The van der Waals surface area contributed by atoms with Gasteiger partial charge in [0.05, 0.1) is 6.10 Å². The van der Waals surface area contributed by atoms with Crippen LogP contribution < -0.4 is 16.7 Å². The molecule has 4 N–H and O–H groups in total. The van der Waals surface area contributed by atoms with Crippen molar-refractivity contribution in [1.82, 2.24) is 10.9 Å². The Labute approximate surface area is 49.3 Å². The summed E-state index contributed by atoms with van der Waals surface area (Å²) in [6, 6.07) is 0. The van der Waals surface area contributed by atoms with Crippen LogP contribution in [-0.2, 0) is 4.84 Å². The molecule has 0 aliphatic heterocycles. The molecule has 4 nitrogen and oxygen atoms in total. The molecule has 0 aromatic carbocycles. The molecule has 0 aromatic heterocycles. The van der Waals surface area contributed by atoms with Gasteiger partial charge in [0.1, 0.15) is 0 Å². The van der Waals surface area contributed by atoms with Crippen molar-refractivity contribution in [3.63, 3.8) is 0 Å². The predicted octanol–water partition coefficient (Wildman–Crippen LogP) is -1.01. The second-order valence-corrected chi connectivity index (χ2v) is 1.58. The number of hydrogen-bond donors (Lipinski definition) is 3. The van der Waals surface area contributed by atoms with E-state index < -0.39 is 0 Å². The Balaban J connectivity index is 2.86. The van der Waals surface area contributed by atoms with Crippen LogP contribution in [0.1, 0.15) is 6.92 Å². The molecular formula is C4H13N3O. The summed E-state index contributed by atoms with van der Waals surface area (Å²) >= 11 is 0. The smallest absolute Gasteiger partial charge is 0.0897 e. The average Bonchev–Trinajstić information content (AvgIpc) is 1.83. The minimum Gasteiger partial charge on any atom is -0.300 e. The van der Waals surface area contributed by atoms with Gasteiger partial charge in [-0.25, -0.2) is 5.90 Å². The van der Waals surface area contributed by atoms with Crippen molar-refractivity contribution in [3.05, 3.63) is 0 Å². The van der Waals surface area contributed by atoms with E-state index in [2.05, 4.69) is 15.7 Å². The lowest BCUT2D eigenvalue weighted by Gasteiger charge is -2.07. The van der Waals surface area contributed by atoms with Crippen LogP contribution in [0, 0.1) is 0 Å². The molecular weight excluding hydrogens is 106 g/mol. The van der Waals surface area contributed by atoms with E-state index in [0.717, 1.165) is 0 Å². The Morgan fingerprint density at radius 1 is 1.75 bits per heavy atom. The van der Waals surface area contributed by atoms with Crippen molar-refractivity contribution in [2.75, 3.05) is 13.6 Å². The van der Waals surface area contributed by atoms with Crippen molar-refractivity contribution in [1.29, 1.82) is 0 Å². The van der Waals surface area contributed by atoms with Crippen LogP contribution in [0.4, 0.5) is 0 Å². The molecule has 0 unspecified atom stereocenters. The van der Waals surface area contributed by atoms with Gasteiger partial charge in [0.25, 0.3) is 0 Å². The van der Waals surface area contributed by atoms with Crippen molar-refractivity contribution in [2.24, 2.45) is 5.90 Å². The summed E-state index contributed by atoms with van der Waals surface area (Å²) in [4.78, 5) is 4.45. The number of nitrogens with one attached hydrogen (secondary N) is 2. The first kappa shape index (κ1) is 7.84. The van der Waals surface area contributed by atoms with E-state index in [1.54, 1.807) is 7.05 Å². The standard InChI is InChI=1S/C4H13N3O/c1-4(8-5)3-7-6-2/h4,6-7H,3,5H2,1-2H3/t4-/m0/s1. The van der Waals surface area contributed by atoms with Crippen LogP contribution in [-0.4, -0.2) is 19.7 Å². The highest BCUT2D eigenvalue weighted by Crippen LogP contribution is 1.77. The fourth-order valence-corrected chi connectivity index (χ4v) is 0.294. The van der Waals surface area contributed by atoms with Gasteiger partial charge in [-0.1, -0.05) is 0 Å². The van der Waals surface area contributed by atoms with Crippen LogP contribution in [0.15, 0.2) is 0 Å². The number of rotatable bonds is 4. The maximum absolute atomic E-state index is 4.85. The highest BCUT2D eigenvalue weighted by Gasteiger charge is 1.94. The lowest BCUT2D eigenvalue weighted by atomic mass is 10.4. The molecule has 0 aliphatic rings. The van der Waals surface area contributed by atoms with Gasteiger partial charge in [-0.05, 0) is 14.0 Å². The molecule has 0 rings (SSSR count). The Kier molecular flexibility index (Phi) is 4.89. The van der Waals surface area contributed by atoms with Gasteiger partial charge >= 0.3 is 0 Å². The summed E-state index contributed by atoms with van der Waals surface area (Å²) in [5, 5.41) is 0. The van der Waals surface area contributed by atoms with E-state index in [-0.39, 0.29) is 6.10 Å². The van der Waals surface area contributed by atoms with Crippen molar-refractivity contribution in [2.45, 2.75) is 13.0 Å². The predicted molar refractivity (Wildman–Crippen MR) is 31.8 cm³/mol. The first-order chi connectivity index (χ1) is 3.81. The lowest BCUT2D eigenvalue weighted by Crippen LogP contribution is -2.36. The van der Waals surface area contributed by atoms with Gasteiger partial charge in [0.15, 0.2) is 0 Å². The quantitative estimate of drug-likeness (QED) is 0.415. The molecule has 0 aliphatic carbocycles. The lowest BCUT2D eigenvalue weighted by molar-refractivity contribution is 0.0646. The molecule has 0 amide bonds. The van der Waals surface area contributed by atoms with Gasteiger partial charge in [0.2, 0.25) is 0 Å². The molecule has 0 saturated heterocycles. The van der Waals surface area contributed by atoms with E-state index in [9.17, 15) is 0 Å². The number of hydrogen-bond acceptors (Lipinski definition) is 4. The molecule has 0 saturated carbocycles. The first-order valence-corrected chi connectivity index (χ1v) is 2.56. The Hall–Kier alpha value is -0.160. The Morgan fingerprint density at radius 2 is 2.38 bits per heavy atom. The third-order valence-electron chi connectivity index (χ3n) is 0.799. The van der Waals surface area contributed by atoms with Crippen LogP contribution in [0.3, 0.4) is 0 Å². The second-order valence-electron chi connectivity index (χ2n) is 1.58. The maximum Gasteiger partial charge on any atom is 0.0897 e. The van der Waals surface area contributed by atoms with Crippen LogP contribution in [0.2, 0.25) is 0 Å². The molecule has 50 valence electrons. The summed E-state index contributed by atoms with van der Waals surface area (Å²) < 4.78 is 0. The van der Waals surface area contributed by atoms with E-state index >= 15 is 0 Å². The van der Waals surface area contributed by atoms with E-state index in [1.165, 1.54) is 0 Å². The Bertz CT molecular complexity index is 50.5. The fraction of sp³-hybridized carbons (Fsp3) is 1.00. The normalized spacial score (nSPS) is 13.9. The third kappa shape index (κ3) is 4.01. The summed E-state index contributed by atoms with van der Waals surface area (Å²) in [5.41, 5.74) is 5.59. The monoisotopic (exact) mass is 119 g/mol. The molecule has 0 bridgehead atoms. The molecule has 4 heteroatoms. The van der Waals surface area contributed by atoms with E-state index in [4.69, 9.17) is 5.90 Å². The zero-order chi connectivity index (χ0) is 6.41. The second kappa shape index (κ2) is 4.99. The molecule has 0 heterocycles. The molecule has 1 atom stereocenters. The minimum atomic E-state index is 0.0578. The molecule has 0 fully saturated rings. The van der Waals surface area contributed by atoms with Crippen molar-refractivity contribution in [3.8, 4) is 0 Å².